The van der Waals surface area contributed by atoms with E-state index in [1.807, 2.05) is 0 Å². The first kappa shape index (κ1) is 22.3. The summed E-state index contributed by atoms with van der Waals surface area (Å²) >= 11 is 0. The summed E-state index contributed by atoms with van der Waals surface area (Å²) in [4.78, 5) is 24.3. The maximum Gasteiger partial charge on any atom is 0.341 e. The van der Waals surface area contributed by atoms with Gasteiger partial charge in [0.25, 0.3) is 0 Å². The fourth-order valence-electron chi connectivity index (χ4n) is 2.68. The van der Waals surface area contributed by atoms with Crippen LogP contribution in [0.5, 0.6) is 0 Å². The van der Waals surface area contributed by atoms with E-state index in [1.165, 1.54) is 12.1 Å². The predicted octanol–water partition coefficient (Wildman–Crippen LogP) is 1.98. The van der Waals surface area contributed by atoms with Gasteiger partial charge in [-0.15, -0.1) is 12.4 Å². The van der Waals surface area contributed by atoms with Crippen LogP contribution in [0.4, 0.5) is 14.5 Å². The molecule has 1 aromatic carbocycles. The van der Waals surface area contributed by atoms with Crippen molar-refractivity contribution >= 4 is 39.8 Å². The number of carboxylic acid groups (broad SMARTS) is 1. The molecule has 1 heterocycles. The van der Waals surface area contributed by atoms with Crippen molar-refractivity contribution in [3.63, 3.8) is 0 Å². The van der Waals surface area contributed by atoms with Gasteiger partial charge in [-0.05, 0) is 43.7 Å². The molecule has 0 aliphatic carbocycles. The number of alkyl halides is 2. The minimum absolute atomic E-state index is 0. The number of carboxylic acids is 1. The number of anilines is 1. The molecule has 1 aromatic rings. The van der Waals surface area contributed by atoms with E-state index in [-0.39, 0.29) is 24.6 Å². The van der Waals surface area contributed by atoms with Crippen LogP contribution in [0.25, 0.3) is 0 Å². The highest BCUT2D eigenvalue weighted by Crippen LogP contribution is 2.21. The zero-order chi connectivity index (χ0) is 18.6. The molecule has 0 radical (unpaired) electrons. The number of likely N-dealkylation sites (tertiary alicyclic amines) is 1. The van der Waals surface area contributed by atoms with Gasteiger partial charge in [-0.3, -0.25) is 14.5 Å². The standard InChI is InChI=1S/C15H18F2N2O5S.ClH/c16-15(17)25(23,24)11-6-4-10(5-7-11)18-13(20)9-19-8-2-1-3-12(19)14(21)22;/h4-7,12,15H,1-3,8-9H2,(H,18,20)(H,21,22);1H. The number of sulfone groups is 1. The molecule has 146 valence electrons. The van der Waals surface area contributed by atoms with E-state index in [0.29, 0.717) is 13.0 Å². The monoisotopic (exact) mass is 412 g/mol. The minimum atomic E-state index is -4.68. The molecule has 0 aromatic heterocycles. The van der Waals surface area contributed by atoms with Gasteiger partial charge in [-0.1, -0.05) is 6.42 Å². The largest absolute Gasteiger partial charge is 0.480 e. The number of halogens is 3. The molecule has 1 saturated heterocycles. The Labute approximate surface area is 155 Å². The number of amides is 1. The van der Waals surface area contributed by atoms with Crippen molar-refractivity contribution in [1.29, 1.82) is 0 Å². The molecule has 11 heteroatoms. The van der Waals surface area contributed by atoms with Crippen LogP contribution in [0, 0.1) is 0 Å². The van der Waals surface area contributed by atoms with Gasteiger partial charge in [-0.2, -0.15) is 8.78 Å². The number of carbonyl (C=O) groups excluding carboxylic acids is 1. The molecule has 1 amide bonds. The lowest BCUT2D eigenvalue weighted by molar-refractivity contribution is -0.145. The SMILES string of the molecule is Cl.O=C(CN1CCCCC1C(=O)O)Nc1ccc(S(=O)(=O)C(F)F)cc1. The molecule has 1 aliphatic heterocycles. The van der Waals surface area contributed by atoms with Gasteiger partial charge in [-0.25, -0.2) is 8.42 Å². The fraction of sp³-hybridized carbons (Fsp3) is 0.467. The van der Waals surface area contributed by atoms with Crippen LogP contribution in [0.2, 0.25) is 0 Å². The summed E-state index contributed by atoms with van der Waals surface area (Å²) in [6.45, 7) is 0.379. The van der Waals surface area contributed by atoms with Crippen molar-refractivity contribution < 1.29 is 31.9 Å². The van der Waals surface area contributed by atoms with E-state index in [9.17, 15) is 31.9 Å². The van der Waals surface area contributed by atoms with E-state index in [1.54, 1.807) is 4.90 Å². The van der Waals surface area contributed by atoms with Crippen LogP contribution in [0.3, 0.4) is 0 Å². The van der Waals surface area contributed by atoms with Crippen LogP contribution < -0.4 is 5.32 Å². The van der Waals surface area contributed by atoms with Gasteiger partial charge >= 0.3 is 11.7 Å². The second kappa shape index (κ2) is 9.24. The Morgan fingerprint density at radius 3 is 2.38 bits per heavy atom. The van der Waals surface area contributed by atoms with Crippen molar-refractivity contribution in [2.75, 3.05) is 18.4 Å². The molecule has 2 rings (SSSR count). The summed E-state index contributed by atoms with van der Waals surface area (Å²) in [5.74, 6) is -4.95. The molecule has 0 spiro atoms. The van der Waals surface area contributed by atoms with Crippen LogP contribution in [0.1, 0.15) is 19.3 Å². The van der Waals surface area contributed by atoms with Crippen molar-refractivity contribution in [1.82, 2.24) is 4.90 Å². The lowest BCUT2D eigenvalue weighted by Crippen LogP contribution is -2.47. The maximum absolute atomic E-state index is 12.5. The number of hydrogen-bond acceptors (Lipinski definition) is 5. The molecular weight excluding hydrogens is 394 g/mol. The number of piperidine rings is 1. The topological polar surface area (TPSA) is 104 Å². The van der Waals surface area contributed by atoms with Crippen molar-refractivity contribution in [3.05, 3.63) is 24.3 Å². The average molecular weight is 413 g/mol. The van der Waals surface area contributed by atoms with Crippen LogP contribution in [0.15, 0.2) is 29.2 Å². The first-order valence-corrected chi connectivity index (χ1v) is 9.15. The highest BCUT2D eigenvalue weighted by Gasteiger charge is 2.30. The Bertz CT molecular complexity index is 743. The Kier molecular flexibility index (Phi) is 7.91. The molecule has 0 saturated carbocycles. The molecule has 2 N–H and O–H groups in total. The quantitative estimate of drug-likeness (QED) is 0.740. The highest BCUT2D eigenvalue weighted by molar-refractivity contribution is 7.91. The molecule has 0 bridgehead atoms. The lowest BCUT2D eigenvalue weighted by Gasteiger charge is -2.32. The number of nitrogens with one attached hydrogen (secondary N) is 1. The zero-order valence-corrected chi connectivity index (χ0v) is 15.2. The van der Waals surface area contributed by atoms with E-state index < -0.39 is 38.4 Å². The average Bonchev–Trinajstić information content (AvgIpc) is 2.55. The van der Waals surface area contributed by atoms with Gasteiger partial charge in [0.05, 0.1) is 11.4 Å². The van der Waals surface area contributed by atoms with Gasteiger partial charge in [0.1, 0.15) is 6.04 Å². The summed E-state index contributed by atoms with van der Waals surface area (Å²) in [7, 11) is -4.68. The molecule has 1 aliphatic rings. The molecule has 1 fully saturated rings. The van der Waals surface area contributed by atoms with Gasteiger partial charge < -0.3 is 10.4 Å². The number of rotatable bonds is 6. The Morgan fingerprint density at radius 1 is 1.23 bits per heavy atom. The third kappa shape index (κ3) is 5.36. The number of hydrogen-bond donors (Lipinski definition) is 2. The molecule has 1 atom stereocenters. The first-order valence-electron chi connectivity index (χ1n) is 7.60. The molecule has 7 nitrogen and oxygen atoms in total. The number of aliphatic carboxylic acids is 1. The van der Waals surface area contributed by atoms with Crippen molar-refractivity contribution in [2.24, 2.45) is 0 Å². The number of nitrogens with zero attached hydrogens (tertiary/aromatic N) is 1. The minimum Gasteiger partial charge on any atom is -0.480 e. The highest BCUT2D eigenvalue weighted by atomic mass is 35.5. The first-order chi connectivity index (χ1) is 11.7. The summed E-state index contributed by atoms with van der Waals surface area (Å²) in [5, 5.41) is 11.7. The van der Waals surface area contributed by atoms with Crippen LogP contribution in [-0.2, 0) is 19.4 Å². The smallest absolute Gasteiger partial charge is 0.341 e. The maximum atomic E-state index is 12.5. The van der Waals surface area contributed by atoms with E-state index in [4.69, 9.17) is 0 Å². The number of benzene rings is 1. The number of carbonyl (C=O) groups is 2. The van der Waals surface area contributed by atoms with Crippen LogP contribution in [-0.4, -0.2) is 55.2 Å². The fourth-order valence-corrected chi connectivity index (χ4v) is 3.40. The Hall–Kier alpha value is -1.78. The summed E-state index contributed by atoms with van der Waals surface area (Å²) in [6, 6.07) is 3.67. The Morgan fingerprint density at radius 2 is 1.85 bits per heavy atom. The zero-order valence-electron chi connectivity index (χ0n) is 13.6. The summed E-state index contributed by atoms with van der Waals surface area (Å²) in [6.07, 6.45) is 2.06. The van der Waals surface area contributed by atoms with Gasteiger partial charge in [0.15, 0.2) is 0 Å². The lowest BCUT2D eigenvalue weighted by atomic mass is 10.0. The van der Waals surface area contributed by atoms with Gasteiger partial charge in [0, 0.05) is 5.69 Å². The molecular formula is C15H19ClF2N2O5S. The third-order valence-electron chi connectivity index (χ3n) is 3.95. The van der Waals surface area contributed by atoms with Gasteiger partial charge in [0.2, 0.25) is 15.7 Å². The molecule has 26 heavy (non-hydrogen) atoms. The summed E-state index contributed by atoms with van der Waals surface area (Å²) < 4.78 is 47.6. The van der Waals surface area contributed by atoms with E-state index in [2.05, 4.69) is 5.32 Å². The van der Waals surface area contributed by atoms with Crippen LogP contribution >= 0.6 is 12.4 Å². The van der Waals surface area contributed by atoms with Crippen molar-refractivity contribution in [3.8, 4) is 0 Å². The Balaban J connectivity index is 0.00000338. The second-order valence-electron chi connectivity index (χ2n) is 5.70. The van der Waals surface area contributed by atoms with E-state index in [0.717, 1.165) is 25.0 Å². The van der Waals surface area contributed by atoms with E-state index >= 15 is 0 Å². The molecule has 1 unspecified atom stereocenters. The summed E-state index contributed by atoms with van der Waals surface area (Å²) in [5.41, 5.74) is 0.238. The predicted molar refractivity (Wildman–Crippen MR) is 92.4 cm³/mol. The normalized spacial score (nSPS) is 18.2. The third-order valence-corrected chi connectivity index (χ3v) is 5.34. The second-order valence-corrected chi connectivity index (χ2v) is 7.62. The van der Waals surface area contributed by atoms with Crippen molar-refractivity contribution in [2.45, 2.75) is 36.0 Å².